The SMILES string of the molecule is CCOC(=O)C(=O)N(c1ncc(Cl)cc1N)C1CCN(C(=O)OC(C)(C)C)CC1. The number of amides is 2. The maximum absolute atomic E-state index is 12.8. The Kier molecular flexibility index (Phi) is 7.29. The fourth-order valence-corrected chi connectivity index (χ4v) is 3.17. The van der Waals surface area contributed by atoms with Gasteiger partial charge in [-0.05, 0) is 46.6 Å². The van der Waals surface area contributed by atoms with Gasteiger partial charge in [-0.15, -0.1) is 0 Å². The van der Waals surface area contributed by atoms with E-state index in [0.29, 0.717) is 31.0 Å². The minimum atomic E-state index is -0.988. The number of anilines is 2. The molecule has 1 fully saturated rings. The van der Waals surface area contributed by atoms with Gasteiger partial charge >= 0.3 is 18.0 Å². The van der Waals surface area contributed by atoms with E-state index in [1.54, 1.807) is 32.6 Å². The molecule has 29 heavy (non-hydrogen) atoms. The number of esters is 1. The zero-order valence-electron chi connectivity index (χ0n) is 17.1. The van der Waals surface area contributed by atoms with Crippen LogP contribution in [0.4, 0.5) is 16.3 Å². The number of ether oxygens (including phenoxy) is 2. The lowest BCUT2D eigenvalue weighted by Gasteiger charge is -2.38. The Morgan fingerprint density at radius 3 is 2.45 bits per heavy atom. The van der Waals surface area contributed by atoms with Crippen molar-refractivity contribution in [3.05, 3.63) is 17.3 Å². The van der Waals surface area contributed by atoms with E-state index in [9.17, 15) is 14.4 Å². The van der Waals surface area contributed by atoms with Gasteiger partial charge in [0.2, 0.25) is 0 Å². The van der Waals surface area contributed by atoms with Gasteiger partial charge in [-0.2, -0.15) is 0 Å². The fraction of sp³-hybridized carbons (Fsp3) is 0.579. The van der Waals surface area contributed by atoms with Crippen LogP contribution in [0.1, 0.15) is 40.5 Å². The van der Waals surface area contributed by atoms with Crippen molar-refractivity contribution >= 4 is 41.1 Å². The quantitative estimate of drug-likeness (QED) is 0.583. The van der Waals surface area contributed by atoms with Crippen LogP contribution in [0.15, 0.2) is 12.3 Å². The molecule has 1 aromatic rings. The van der Waals surface area contributed by atoms with Gasteiger partial charge in [-0.3, -0.25) is 9.69 Å². The second kappa shape index (κ2) is 9.30. The van der Waals surface area contributed by atoms with Gasteiger partial charge < -0.3 is 20.1 Å². The summed E-state index contributed by atoms with van der Waals surface area (Å²) < 4.78 is 10.3. The fourth-order valence-electron chi connectivity index (χ4n) is 3.01. The minimum Gasteiger partial charge on any atom is -0.459 e. The molecule has 0 radical (unpaired) electrons. The minimum absolute atomic E-state index is 0.0685. The lowest BCUT2D eigenvalue weighted by molar-refractivity contribution is -0.153. The van der Waals surface area contributed by atoms with Crippen LogP contribution in [0.25, 0.3) is 0 Å². The van der Waals surface area contributed by atoms with E-state index in [4.69, 9.17) is 26.8 Å². The molecule has 0 aromatic carbocycles. The maximum Gasteiger partial charge on any atom is 0.410 e. The Bertz CT molecular complexity index is 772. The van der Waals surface area contributed by atoms with Gasteiger partial charge in [0.05, 0.1) is 17.3 Å². The molecule has 160 valence electrons. The molecule has 0 atom stereocenters. The highest BCUT2D eigenvalue weighted by Crippen LogP contribution is 2.29. The van der Waals surface area contributed by atoms with E-state index in [-0.39, 0.29) is 24.2 Å². The van der Waals surface area contributed by atoms with E-state index in [2.05, 4.69) is 4.98 Å². The van der Waals surface area contributed by atoms with Crippen molar-refractivity contribution in [2.24, 2.45) is 0 Å². The van der Waals surface area contributed by atoms with E-state index >= 15 is 0 Å². The van der Waals surface area contributed by atoms with Crippen molar-refractivity contribution in [2.45, 2.75) is 52.2 Å². The molecule has 0 saturated carbocycles. The molecule has 2 rings (SSSR count). The third-order valence-corrected chi connectivity index (χ3v) is 4.45. The topological polar surface area (TPSA) is 115 Å². The molecule has 9 nitrogen and oxygen atoms in total. The number of aromatic nitrogens is 1. The predicted octanol–water partition coefficient (Wildman–Crippen LogP) is 2.61. The highest BCUT2D eigenvalue weighted by atomic mass is 35.5. The molecule has 2 heterocycles. The number of carbonyl (C=O) groups is 3. The molecule has 0 aliphatic carbocycles. The third-order valence-electron chi connectivity index (χ3n) is 4.24. The molecule has 2 amide bonds. The lowest BCUT2D eigenvalue weighted by atomic mass is 10.0. The molecule has 1 aliphatic heterocycles. The van der Waals surface area contributed by atoms with Gasteiger partial charge in [-0.25, -0.2) is 14.6 Å². The number of nitrogen functional groups attached to an aromatic ring is 1. The van der Waals surface area contributed by atoms with Crippen LogP contribution in [0.3, 0.4) is 0 Å². The van der Waals surface area contributed by atoms with Crippen LogP contribution in [-0.4, -0.2) is 59.2 Å². The summed E-state index contributed by atoms with van der Waals surface area (Å²) in [4.78, 5) is 44.2. The highest BCUT2D eigenvalue weighted by Gasteiger charge is 2.36. The van der Waals surface area contributed by atoms with Crippen molar-refractivity contribution in [1.82, 2.24) is 9.88 Å². The Hall–Kier alpha value is -2.55. The summed E-state index contributed by atoms with van der Waals surface area (Å²) in [6, 6.07) is 1.08. The summed E-state index contributed by atoms with van der Waals surface area (Å²) in [5, 5.41) is 0.314. The van der Waals surface area contributed by atoms with Gasteiger partial charge in [0.25, 0.3) is 0 Å². The summed E-state index contributed by atoms with van der Waals surface area (Å²) in [6.45, 7) is 7.80. The van der Waals surface area contributed by atoms with Gasteiger partial charge in [0.1, 0.15) is 5.60 Å². The van der Waals surface area contributed by atoms with Crippen LogP contribution < -0.4 is 10.6 Å². The molecule has 0 spiro atoms. The van der Waals surface area contributed by atoms with Gasteiger partial charge in [-0.1, -0.05) is 11.6 Å². The van der Waals surface area contributed by atoms with Gasteiger partial charge in [0.15, 0.2) is 5.82 Å². The van der Waals surface area contributed by atoms with Crippen LogP contribution in [0.2, 0.25) is 5.02 Å². The summed E-state index contributed by atoms with van der Waals surface area (Å²) in [6.07, 6.45) is 1.79. The first-order valence-electron chi connectivity index (χ1n) is 9.42. The number of piperidine rings is 1. The lowest BCUT2D eigenvalue weighted by Crippen LogP contribution is -2.52. The smallest absolute Gasteiger partial charge is 0.410 e. The maximum atomic E-state index is 12.8. The first kappa shape index (κ1) is 22.7. The molecule has 1 aliphatic rings. The van der Waals surface area contributed by atoms with Crippen molar-refractivity contribution in [3.63, 3.8) is 0 Å². The number of halogens is 1. The highest BCUT2D eigenvalue weighted by molar-refractivity contribution is 6.38. The average molecular weight is 427 g/mol. The van der Waals surface area contributed by atoms with E-state index in [0.717, 1.165) is 0 Å². The Labute approximate surface area is 175 Å². The second-order valence-electron chi connectivity index (χ2n) is 7.66. The first-order chi connectivity index (χ1) is 13.5. The van der Waals surface area contributed by atoms with Crippen LogP contribution in [-0.2, 0) is 19.1 Å². The summed E-state index contributed by atoms with van der Waals surface area (Å²) in [5.74, 6) is -1.70. The molecule has 1 aromatic heterocycles. The number of rotatable bonds is 3. The second-order valence-corrected chi connectivity index (χ2v) is 8.10. The van der Waals surface area contributed by atoms with Crippen LogP contribution >= 0.6 is 11.6 Å². The van der Waals surface area contributed by atoms with Crippen molar-refractivity contribution in [2.75, 3.05) is 30.3 Å². The third kappa shape index (κ3) is 5.96. The number of nitrogens with two attached hydrogens (primary N) is 1. The van der Waals surface area contributed by atoms with E-state index in [1.807, 2.05) is 0 Å². The van der Waals surface area contributed by atoms with E-state index < -0.39 is 23.6 Å². The first-order valence-corrected chi connectivity index (χ1v) is 9.80. The summed E-state index contributed by atoms with van der Waals surface area (Å²) >= 11 is 5.91. The number of pyridine rings is 1. The Balaban J connectivity index is 2.21. The Morgan fingerprint density at radius 2 is 1.93 bits per heavy atom. The molecular weight excluding hydrogens is 400 g/mol. The molecular formula is C19H27ClN4O5. The van der Waals surface area contributed by atoms with Gasteiger partial charge in [0, 0.05) is 25.3 Å². The number of likely N-dealkylation sites (tertiary alicyclic amines) is 1. The van der Waals surface area contributed by atoms with E-state index in [1.165, 1.54) is 17.2 Å². The number of nitrogens with zero attached hydrogens (tertiary/aromatic N) is 3. The monoisotopic (exact) mass is 426 g/mol. The van der Waals surface area contributed by atoms with Crippen molar-refractivity contribution in [3.8, 4) is 0 Å². The summed E-state index contributed by atoms with van der Waals surface area (Å²) in [5.41, 5.74) is 5.58. The van der Waals surface area contributed by atoms with Crippen molar-refractivity contribution in [1.29, 1.82) is 0 Å². The predicted molar refractivity (Wildman–Crippen MR) is 109 cm³/mol. The number of carbonyl (C=O) groups excluding carboxylic acids is 3. The molecule has 0 bridgehead atoms. The Morgan fingerprint density at radius 1 is 1.31 bits per heavy atom. The molecule has 2 N–H and O–H groups in total. The van der Waals surface area contributed by atoms with Crippen LogP contribution in [0.5, 0.6) is 0 Å². The zero-order valence-corrected chi connectivity index (χ0v) is 17.9. The standard InChI is InChI=1S/C19H27ClN4O5/c1-5-28-17(26)16(25)24(15-14(21)10-12(20)11-22-15)13-6-8-23(9-7-13)18(27)29-19(2,3)4/h10-11,13H,5-9,21H2,1-4H3. The molecule has 1 saturated heterocycles. The number of hydrogen-bond donors (Lipinski definition) is 1. The summed E-state index contributed by atoms with van der Waals surface area (Å²) in [7, 11) is 0. The average Bonchev–Trinajstić information content (AvgIpc) is 2.63. The van der Waals surface area contributed by atoms with Crippen LogP contribution in [0, 0.1) is 0 Å². The normalized spacial score (nSPS) is 15.0. The molecule has 0 unspecified atom stereocenters. The largest absolute Gasteiger partial charge is 0.459 e. The zero-order chi connectivity index (χ0) is 21.8. The molecule has 10 heteroatoms. The number of hydrogen-bond acceptors (Lipinski definition) is 7. The van der Waals surface area contributed by atoms with Crippen molar-refractivity contribution < 1.29 is 23.9 Å².